The Morgan fingerprint density at radius 1 is 0.786 bits per heavy atom. The summed E-state index contributed by atoms with van der Waals surface area (Å²) in [4.78, 5) is 9.16. The second-order valence-corrected chi connectivity index (χ2v) is 7.44. The maximum atomic E-state index is 8.89. The fraction of sp³-hybridized carbons (Fsp3) is 0.250. The van der Waals surface area contributed by atoms with Crippen LogP contribution in [0.2, 0.25) is 0 Å². The minimum Gasteiger partial charge on any atom is -0.780 e. The van der Waals surface area contributed by atoms with E-state index in [4.69, 9.17) is 13.3 Å². The molecule has 0 saturated heterocycles. The molecule has 12 N–H and O–H groups in total. The first kappa shape index (κ1) is 34.3. The largest absolute Gasteiger partial charge is 2.00 e. The fourth-order valence-electron chi connectivity index (χ4n) is 2.39. The molecule has 154 valence electrons. The van der Waals surface area contributed by atoms with Crippen molar-refractivity contribution in [1.82, 2.24) is 9.97 Å². The number of hydrogen-bond acceptors (Lipinski definition) is 6. The summed E-state index contributed by atoms with van der Waals surface area (Å²) in [6, 6.07) is 4.34. The molecule has 0 atom stereocenters. The molecule has 0 aliphatic rings. The van der Waals surface area contributed by atoms with Crippen LogP contribution < -0.4 is 0 Å². The summed E-state index contributed by atoms with van der Waals surface area (Å²) in [7, 11) is -4.33. The molecule has 3 rings (SSSR count). The van der Waals surface area contributed by atoms with Gasteiger partial charge in [0, 0.05) is 23.2 Å². The number of aromatic nitrogens is 2. The number of rotatable bonds is 0. The van der Waals surface area contributed by atoms with Crippen LogP contribution in [0.3, 0.4) is 0 Å². The Bertz CT molecular complexity index is 940. The Morgan fingerprint density at radius 2 is 1.04 bits per heavy atom. The first-order valence-corrected chi connectivity index (χ1v) is 9.20. The van der Waals surface area contributed by atoms with Crippen LogP contribution in [0.1, 0.15) is 22.3 Å². The van der Waals surface area contributed by atoms with Gasteiger partial charge >= 0.3 is 19.5 Å². The molecule has 0 aliphatic heterocycles. The van der Waals surface area contributed by atoms with Crippen molar-refractivity contribution in [3.63, 3.8) is 0 Å². The molecule has 0 fully saturated rings. The molecule has 0 radical (unpaired) electrons. The quantitative estimate of drug-likeness (QED) is 0.226. The van der Waals surface area contributed by atoms with E-state index in [9.17, 15) is 0 Å². The summed E-state index contributed by atoms with van der Waals surface area (Å²) in [5, 5.41) is 2.41. The van der Waals surface area contributed by atoms with Gasteiger partial charge in [0.05, 0.1) is 11.0 Å². The Kier molecular flexibility index (Phi) is 16.0. The van der Waals surface area contributed by atoms with Gasteiger partial charge in [-0.3, -0.25) is 14.2 Å². The van der Waals surface area contributed by atoms with Crippen LogP contribution in [0, 0.1) is 27.7 Å². The predicted octanol–water partition coefficient (Wildman–Crippen LogP) is -0.680. The minimum absolute atomic E-state index is 0. The van der Waals surface area contributed by atoms with Gasteiger partial charge in [-0.25, -0.2) is 0 Å². The van der Waals surface area contributed by atoms with E-state index in [1.54, 1.807) is 0 Å². The zero-order chi connectivity index (χ0) is 17.4. The summed E-state index contributed by atoms with van der Waals surface area (Å²) in [6.07, 6.45) is 3.88. The van der Waals surface area contributed by atoms with Crippen LogP contribution in [-0.2, 0) is 61.6 Å². The number of nitrogens with zero attached hydrogens (tertiary/aromatic N) is 2. The molecule has 0 saturated carbocycles. The molecule has 2 heterocycles. The average molecular weight is 490 g/mol. The van der Waals surface area contributed by atoms with E-state index in [1.165, 1.54) is 33.0 Å². The van der Waals surface area contributed by atoms with Gasteiger partial charge in [0.25, 0.3) is 0 Å². The van der Waals surface area contributed by atoms with Crippen LogP contribution in [0.25, 0.3) is 21.8 Å². The zero-order valence-electron chi connectivity index (χ0n) is 16.3. The smallest absolute Gasteiger partial charge is 0.780 e. The van der Waals surface area contributed by atoms with Crippen molar-refractivity contribution < 1.29 is 54.7 Å². The molecule has 1 aromatic carbocycles. The van der Waals surface area contributed by atoms with Crippen molar-refractivity contribution in [2.75, 3.05) is 0 Å². The van der Waals surface area contributed by atoms with Gasteiger partial charge in [-0.05, 0) is 61.1 Å². The molecule has 2 aromatic heterocycles. The van der Waals surface area contributed by atoms with Crippen molar-refractivity contribution in [3.8, 4) is 0 Å². The molecular weight excluding hydrogens is 462 g/mol. The third-order valence-electron chi connectivity index (χ3n) is 3.92. The summed E-state index contributed by atoms with van der Waals surface area (Å²) in [5.74, 6) is 0. The molecule has 0 unspecified atom stereocenters. The molecule has 0 spiro atoms. The van der Waals surface area contributed by atoms with Crippen molar-refractivity contribution in [2.45, 2.75) is 27.7 Å². The fourth-order valence-corrected chi connectivity index (χ4v) is 2.39. The first-order valence-electron chi connectivity index (χ1n) is 6.87. The van der Waals surface area contributed by atoms with Crippen molar-refractivity contribution in [1.29, 1.82) is 0 Å². The summed E-state index contributed by atoms with van der Waals surface area (Å²) >= 11 is 3.24. The maximum absolute atomic E-state index is 8.89. The van der Waals surface area contributed by atoms with Crippen molar-refractivity contribution >= 4 is 42.0 Å². The van der Waals surface area contributed by atoms with Crippen LogP contribution in [-0.4, -0.2) is 23.3 Å². The normalized spacial score (nSPS) is 9.36. The van der Waals surface area contributed by atoms with Crippen LogP contribution in [0.15, 0.2) is 24.5 Å². The predicted molar refractivity (Wildman–Crippen MR) is 113 cm³/mol. The number of aryl methyl sites for hydroxylation is 4. The number of pyridine rings is 2. The summed E-state index contributed by atoms with van der Waals surface area (Å²) in [5.41, 5.74) is 7.07. The van der Waals surface area contributed by atoms with Gasteiger partial charge in [-0.15, -0.1) is 9.05 Å². The number of hydrogen-bond donors (Lipinski definition) is 0. The Morgan fingerprint density at radius 3 is 1.29 bits per heavy atom. The Hall–Kier alpha value is -1.21. The molecular formula is C16H28N2O7S2Zn+4. The van der Waals surface area contributed by atoms with Gasteiger partial charge in [0.15, 0.2) is 0 Å². The van der Waals surface area contributed by atoms with E-state index in [1.807, 2.05) is 12.4 Å². The zero-order valence-corrected chi connectivity index (χ0v) is 20.9. The van der Waals surface area contributed by atoms with E-state index < -0.39 is 9.05 Å². The third kappa shape index (κ3) is 8.04. The van der Waals surface area contributed by atoms with Gasteiger partial charge in [0.1, 0.15) is 0 Å². The van der Waals surface area contributed by atoms with Crippen molar-refractivity contribution in [3.05, 3.63) is 46.8 Å². The standard InChI is InChI=1S/C16H16N2.H2O3S2.4H2O.Zn/c1-9-7-17-15-13(11(9)3)5-6-14-12(4)10(2)8-18-16(14)15;1-5(2,3)4;;;;;/h5-8H,1-4H3;(H2,1,2,3,4);4*1H2;/q;;;;;;+2/p+2. The topological polar surface area (TPSA) is 221 Å². The summed E-state index contributed by atoms with van der Waals surface area (Å²) in [6.45, 7) is 8.48. The van der Waals surface area contributed by atoms with E-state index >= 15 is 0 Å². The van der Waals surface area contributed by atoms with Crippen LogP contribution in [0.4, 0.5) is 0 Å². The van der Waals surface area contributed by atoms with Crippen molar-refractivity contribution in [2.24, 2.45) is 0 Å². The second kappa shape index (κ2) is 13.1. The molecule has 0 bridgehead atoms. The molecule has 9 nitrogen and oxygen atoms in total. The van der Waals surface area contributed by atoms with Crippen LogP contribution >= 0.6 is 0 Å². The van der Waals surface area contributed by atoms with E-state index in [2.05, 4.69) is 61.0 Å². The maximum Gasteiger partial charge on any atom is 2.00 e. The molecule has 28 heavy (non-hydrogen) atoms. The van der Waals surface area contributed by atoms with Gasteiger partial charge < -0.3 is 31.0 Å². The van der Waals surface area contributed by atoms with Gasteiger partial charge in [-0.2, -0.15) is 0 Å². The van der Waals surface area contributed by atoms with E-state index in [0.717, 1.165) is 11.0 Å². The molecule has 0 amide bonds. The molecule has 12 heteroatoms. The minimum atomic E-state index is -4.33. The molecule has 0 aliphatic carbocycles. The van der Waals surface area contributed by atoms with E-state index in [-0.39, 0.29) is 41.4 Å². The van der Waals surface area contributed by atoms with Gasteiger partial charge in [0.2, 0.25) is 0 Å². The number of fused-ring (bicyclic) bond motifs is 3. The van der Waals surface area contributed by atoms with Gasteiger partial charge in [-0.1, -0.05) is 12.1 Å². The average Bonchev–Trinajstić information content (AvgIpc) is 2.44. The first-order chi connectivity index (χ1) is 10.6. The third-order valence-corrected chi connectivity index (χ3v) is 3.92. The monoisotopic (exact) mass is 488 g/mol. The number of benzene rings is 1. The Balaban J connectivity index is -0.000000261. The van der Waals surface area contributed by atoms with E-state index in [0.29, 0.717) is 0 Å². The molecule has 3 aromatic rings. The second-order valence-electron chi connectivity index (χ2n) is 5.40. The summed E-state index contributed by atoms with van der Waals surface area (Å²) < 4.78 is 26.7. The van der Waals surface area contributed by atoms with Crippen LogP contribution in [0.5, 0.6) is 0 Å². The Labute approximate surface area is 180 Å². The SMILES string of the molecule is Cc1cnc2c(ccc3c(C)c(C)cnc32)c1C.O=S([O-])([O-])=S.[OH3+].[OH3+].[OH3+].[OH3+].[Zn+2].